The predicted molar refractivity (Wildman–Crippen MR) is 101 cm³/mol. The van der Waals surface area contributed by atoms with E-state index in [1.54, 1.807) is 0 Å². The summed E-state index contributed by atoms with van der Waals surface area (Å²) in [6, 6.07) is 0. The summed E-state index contributed by atoms with van der Waals surface area (Å²) in [6.45, 7) is 6.75. The molecule has 0 aromatic heterocycles. The normalized spacial score (nSPS) is 26.5. The lowest BCUT2D eigenvalue weighted by atomic mass is 9.87. The highest BCUT2D eigenvalue weighted by Gasteiger charge is 2.35. The van der Waals surface area contributed by atoms with E-state index < -0.39 is 0 Å². The lowest BCUT2D eigenvalue weighted by molar-refractivity contribution is 1.06. The third kappa shape index (κ3) is 2.11. The predicted octanol–water partition coefficient (Wildman–Crippen LogP) is 6.52. The molecule has 1 unspecified atom stereocenters. The van der Waals surface area contributed by atoms with Gasteiger partial charge < -0.3 is 0 Å². The molecule has 0 fully saturated rings. The lowest BCUT2D eigenvalue weighted by Gasteiger charge is -2.23. The summed E-state index contributed by atoms with van der Waals surface area (Å²) in [5.74, 6) is 0. The van der Waals surface area contributed by atoms with Gasteiger partial charge in [-0.3, -0.25) is 0 Å². The first kappa shape index (κ1) is 14.6. The Morgan fingerprint density at radius 1 is 1.23 bits per heavy atom. The summed E-state index contributed by atoms with van der Waals surface area (Å²) in [6.07, 6.45) is 13.8. The summed E-state index contributed by atoms with van der Waals surface area (Å²) in [7, 11) is 0. The molecule has 4 rings (SSSR count). The van der Waals surface area contributed by atoms with Crippen molar-refractivity contribution >= 4 is 27.7 Å². The van der Waals surface area contributed by atoms with Gasteiger partial charge in [-0.05, 0) is 94.0 Å². The molecule has 0 nitrogen and oxygen atoms in total. The molecule has 0 saturated carbocycles. The summed E-state index contributed by atoms with van der Waals surface area (Å²) < 4.78 is 1.31. The number of allylic oxidation sites excluding steroid dienone is 12. The largest absolute Gasteiger partial charge is 0.118 e. The van der Waals surface area contributed by atoms with Crippen LogP contribution < -0.4 is 0 Å². The zero-order chi connectivity index (χ0) is 15.4. The van der Waals surface area contributed by atoms with Crippen molar-refractivity contribution < 1.29 is 0 Å². The van der Waals surface area contributed by atoms with Gasteiger partial charge >= 0.3 is 0 Å². The number of halogens is 1. The second kappa shape index (κ2) is 5.28. The van der Waals surface area contributed by atoms with E-state index in [1.165, 1.54) is 48.4 Å². The van der Waals surface area contributed by atoms with Crippen LogP contribution in [0.1, 0.15) is 33.6 Å². The fourth-order valence-corrected chi connectivity index (χ4v) is 5.96. The molecule has 0 aromatic carbocycles. The Balaban J connectivity index is 1.72. The molecule has 0 saturated heterocycles. The Morgan fingerprint density at radius 2 is 2.05 bits per heavy atom. The maximum absolute atomic E-state index is 3.91. The molecule has 0 N–H and O–H groups in total. The molecule has 112 valence electrons. The van der Waals surface area contributed by atoms with Gasteiger partial charge in [0.25, 0.3) is 0 Å². The van der Waals surface area contributed by atoms with E-state index in [9.17, 15) is 0 Å². The molecule has 4 aliphatic rings. The minimum Gasteiger partial charge on any atom is -0.118 e. The Bertz CT molecular complexity index is 794. The topological polar surface area (TPSA) is 0 Å². The van der Waals surface area contributed by atoms with Crippen LogP contribution in [0.2, 0.25) is 0 Å². The summed E-state index contributed by atoms with van der Waals surface area (Å²) in [4.78, 5) is 1.46. The highest BCUT2D eigenvalue weighted by Crippen LogP contribution is 2.53. The van der Waals surface area contributed by atoms with Crippen molar-refractivity contribution in [2.45, 2.75) is 38.9 Å². The molecular weight excluding hydrogens is 352 g/mol. The van der Waals surface area contributed by atoms with Crippen LogP contribution in [-0.2, 0) is 0 Å². The third-order valence-corrected chi connectivity index (χ3v) is 7.16. The van der Waals surface area contributed by atoms with Crippen LogP contribution in [0.5, 0.6) is 0 Å². The number of thioether (sulfide) groups is 1. The number of hydrogen-bond acceptors (Lipinski definition) is 1. The second-order valence-corrected chi connectivity index (χ2v) is 8.53. The van der Waals surface area contributed by atoms with Crippen molar-refractivity contribution in [3.8, 4) is 0 Å². The fourth-order valence-electron chi connectivity index (χ4n) is 3.66. The van der Waals surface area contributed by atoms with Crippen LogP contribution in [0, 0.1) is 0 Å². The Kier molecular flexibility index (Phi) is 3.50. The van der Waals surface area contributed by atoms with Gasteiger partial charge in [0.05, 0.1) is 5.25 Å². The molecule has 1 aliphatic heterocycles. The second-order valence-electron chi connectivity index (χ2n) is 6.38. The van der Waals surface area contributed by atoms with Crippen LogP contribution >= 0.6 is 27.7 Å². The lowest BCUT2D eigenvalue weighted by Crippen LogP contribution is -2.10. The maximum Gasteiger partial charge on any atom is 0.0544 e. The van der Waals surface area contributed by atoms with E-state index >= 15 is 0 Å². The van der Waals surface area contributed by atoms with Crippen molar-refractivity contribution in [1.82, 2.24) is 0 Å². The first-order valence-electron chi connectivity index (χ1n) is 7.79. The van der Waals surface area contributed by atoms with E-state index in [-0.39, 0.29) is 0 Å². The molecule has 0 spiro atoms. The summed E-state index contributed by atoms with van der Waals surface area (Å²) >= 11 is 5.90. The third-order valence-electron chi connectivity index (χ3n) is 5.02. The highest BCUT2D eigenvalue weighted by atomic mass is 79.9. The first-order chi connectivity index (χ1) is 10.6. The molecule has 0 aromatic rings. The van der Waals surface area contributed by atoms with E-state index in [1.807, 2.05) is 11.8 Å². The van der Waals surface area contributed by atoms with Crippen LogP contribution in [0.4, 0.5) is 0 Å². The van der Waals surface area contributed by atoms with Gasteiger partial charge in [-0.2, -0.15) is 0 Å². The average molecular weight is 371 g/mol. The van der Waals surface area contributed by atoms with Gasteiger partial charge in [0, 0.05) is 4.48 Å². The van der Waals surface area contributed by atoms with Gasteiger partial charge in [0.15, 0.2) is 0 Å². The standard InChI is InChI=1S/C20H19BrS/c1-11-8-17-16(15(11)9-14-6-4-5-7-14)10-18-19(20(17)21)12(2)13(3)22-18/h4-6,8,10,18H,7,9H2,1-3H3. The molecule has 22 heavy (non-hydrogen) atoms. The van der Waals surface area contributed by atoms with Crippen LogP contribution in [0.15, 0.2) is 78.8 Å². The monoisotopic (exact) mass is 370 g/mol. The maximum atomic E-state index is 3.91. The van der Waals surface area contributed by atoms with E-state index in [0.717, 1.165) is 12.8 Å². The van der Waals surface area contributed by atoms with Gasteiger partial charge in [-0.15, -0.1) is 11.8 Å². The summed E-state index contributed by atoms with van der Waals surface area (Å²) in [5, 5.41) is 0.484. The summed E-state index contributed by atoms with van der Waals surface area (Å²) in [5.41, 5.74) is 10.3. The van der Waals surface area contributed by atoms with Crippen LogP contribution in [0.3, 0.4) is 0 Å². The van der Waals surface area contributed by atoms with Crippen LogP contribution in [-0.4, -0.2) is 5.25 Å². The Morgan fingerprint density at radius 3 is 2.77 bits per heavy atom. The minimum atomic E-state index is 0.484. The van der Waals surface area contributed by atoms with E-state index in [4.69, 9.17) is 0 Å². The van der Waals surface area contributed by atoms with Crippen molar-refractivity contribution in [3.05, 3.63) is 78.8 Å². The van der Waals surface area contributed by atoms with E-state index in [0.29, 0.717) is 5.25 Å². The molecule has 0 radical (unpaired) electrons. The average Bonchev–Trinajstić information content (AvgIpc) is 3.15. The number of hydrogen-bond donors (Lipinski definition) is 0. The SMILES string of the molecule is CC1=C(CC2=CC=CC2)C2=CC3SC(C)=C(C)C3=C(Br)C2=C1. The molecule has 3 aliphatic carbocycles. The van der Waals surface area contributed by atoms with Crippen molar-refractivity contribution in [2.75, 3.05) is 0 Å². The molecular formula is C20H19BrS. The zero-order valence-corrected chi connectivity index (χ0v) is 15.6. The fraction of sp³-hybridized carbons (Fsp3) is 0.300. The quantitative estimate of drug-likeness (QED) is 0.533. The minimum absolute atomic E-state index is 0.484. The molecule has 2 heteroatoms. The zero-order valence-electron chi connectivity index (χ0n) is 13.2. The molecule has 1 atom stereocenters. The van der Waals surface area contributed by atoms with Gasteiger partial charge in [0.1, 0.15) is 0 Å². The van der Waals surface area contributed by atoms with Crippen molar-refractivity contribution in [3.63, 3.8) is 0 Å². The van der Waals surface area contributed by atoms with Gasteiger partial charge in [-0.1, -0.05) is 29.9 Å². The molecule has 1 heterocycles. The molecule has 0 amide bonds. The first-order valence-corrected chi connectivity index (χ1v) is 9.46. The Labute approximate surface area is 145 Å². The smallest absolute Gasteiger partial charge is 0.0544 e. The Hall–Kier alpha value is -0.990. The number of fused-ring (bicyclic) bond motifs is 2. The van der Waals surface area contributed by atoms with E-state index in [2.05, 4.69) is 67.1 Å². The van der Waals surface area contributed by atoms with Gasteiger partial charge in [-0.25, -0.2) is 0 Å². The van der Waals surface area contributed by atoms with Crippen LogP contribution in [0.25, 0.3) is 0 Å². The number of rotatable bonds is 2. The van der Waals surface area contributed by atoms with Gasteiger partial charge in [0.2, 0.25) is 0 Å². The van der Waals surface area contributed by atoms with Crippen molar-refractivity contribution in [2.24, 2.45) is 0 Å². The van der Waals surface area contributed by atoms with Crippen molar-refractivity contribution in [1.29, 1.82) is 0 Å². The molecule has 0 bridgehead atoms. The highest BCUT2D eigenvalue weighted by molar-refractivity contribution is 9.12.